The van der Waals surface area contributed by atoms with E-state index in [-0.39, 0.29) is 30.3 Å². The molecule has 4 rings (SSSR count). The molecule has 2 aliphatic rings. The lowest BCUT2D eigenvalue weighted by Crippen LogP contribution is -2.40. The summed E-state index contributed by atoms with van der Waals surface area (Å²) in [6, 6.07) is 11.4. The van der Waals surface area contributed by atoms with Crippen LogP contribution < -0.4 is 5.32 Å². The van der Waals surface area contributed by atoms with Gasteiger partial charge in [0.2, 0.25) is 0 Å². The van der Waals surface area contributed by atoms with E-state index in [4.69, 9.17) is 4.74 Å². The van der Waals surface area contributed by atoms with E-state index in [0.717, 1.165) is 43.5 Å². The number of carbonyl (C=O) groups excluding carboxylic acids is 3. The second-order valence-electron chi connectivity index (χ2n) is 8.57. The van der Waals surface area contributed by atoms with Crippen molar-refractivity contribution in [2.24, 2.45) is 17.8 Å². The maximum atomic E-state index is 12.5. The highest BCUT2D eigenvalue weighted by Crippen LogP contribution is 2.40. The van der Waals surface area contributed by atoms with Crippen LogP contribution in [0.4, 0.5) is 5.82 Å². The monoisotopic (exact) mass is 423 g/mol. The molecule has 0 aliphatic heterocycles. The van der Waals surface area contributed by atoms with Crippen molar-refractivity contribution in [2.75, 3.05) is 11.9 Å². The van der Waals surface area contributed by atoms with Gasteiger partial charge in [0.25, 0.3) is 5.91 Å². The van der Waals surface area contributed by atoms with Gasteiger partial charge in [-0.05, 0) is 44.2 Å². The molecule has 2 saturated carbocycles. The van der Waals surface area contributed by atoms with E-state index in [2.05, 4.69) is 17.3 Å². The first-order valence-corrected chi connectivity index (χ1v) is 11.2. The number of Topliss-reactive ketones (excluding diaryl/α,β-unsaturated/α-hetero) is 1. The van der Waals surface area contributed by atoms with Crippen molar-refractivity contribution in [2.45, 2.75) is 51.9 Å². The van der Waals surface area contributed by atoms with Crippen LogP contribution in [0.3, 0.4) is 0 Å². The Kier molecular flexibility index (Phi) is 6.49. The first-order chi connectivity index (χ1) is 15.0. The number of para-hydroxylation sites is 1. The maximum Gasteiger partial charge on any atom is 0.309 e. The summed E-state index contributed by atoms with van der Waals surface area (Å²) in [6.07, 6.45) is 5.64. The minimum Gasteiger partial charge on any atom is -0.455 e. The van der Waals surface area contributed by atoms with E-state index in [1.165, 1.54) is 0 Å². The fourth-order valence-electron chi connectivity index (χ4n) is 4.77. The van der Waals surface area contributed by atoms with Crippen LogP contribution in [0.1, 0.15) is 51.1 Å². The van der Waals surface area contributed by atoms with Crippen LogP contribution in [0.2, 0.25) is 0 Å². The molecule has 2 aliphatic carbocycles. The van der Waals surface area contributed by atoms with Gasteiger partial charge >= 0.3 is 5.97 Å². The average Bonchev–Trinajstić information content (AvgIpc) is 3.15. The highest BCUT2D eigenvalue weighted by molar-refractivity contribution is 5.93. The number of aryl methyl sites for hydroxylation is 1. The zero-order valence-electron chi connectivity index (χ0n) is 17.9. The zero-order valence-corrected chi connectivity index (χ0v) is 17.9. The first kappa shape index (κ1) is 21.3. The number of carbonyl (C=O) groups is 3. The lowest BCUT2D eigenvalue weighted by Gasteiger charge is -2.36. The van der Waals surface area contributed by atoms with Crippen LogP contribution >= 0.6 is 0 Å². The summed E-state index contributed by atoms with van der Waals surface area (Å²) in [7, 11) is 0. The van der Waals surface area contributed by atoms with E-state index in [1.54, 1.807) is 4.68 Å². The number of ketones is 1. The molecule has 1 N–H and O–H groups in total. The molecule has 0 radical (unpaired) electrons. The number of nitrogens with zero attached hydrogens (tertiary/aromatic N) is 2. The second kappa shape index (κ2) is 9.45. The number of esters is 1. The molecule has 7 heteroatoms. The van der Waals surface area contributed by atoms with Crippen molar-refractivity contribution >= 4 is 23.5 Å². The molecule has 3 atom stereocenters. The van der Waals surface area contributed by atoms with Crippen molar-refractivity contribution in [1.82, 2.24) is 9.78 Å². The van der Waals surface area contributed by atoms with E-state index in [1.807, 2.05) is 36.4 Å². The number of aromatic nitrogens is 2. The molecule has 1 unspecified atom stereocenters. The van der Waals surface area contributed by atoms with Crippen molar-refractivity contribution in [3.8, 4) is 5.69 Å². The van der Waals surface area contributed by atoms with Crippen molar-refractivity contribution in [3.05, 3.63) is 42.1 Å². The average molecular weight is 424 g/mol. The van der Waals surface area contributed by atoms with Gasteiger partial charge in [0.15, 0.2) is 6.61 Å². The summed E-state index contributed by atoms with van der Waals surface area (Å²) in [5.74, 6) is -0.235. The fraction of sp³-hybridized carbons (Fsp3) is 0.500. The first-order valence-electron chi connectivity index (χ1n) is 11.2. The van der Waals surface area contributed by atoms with Crippen molar-refractivity contribution in [3.63, 3.8) is 0 Å². The number of ether oxygens (including phenoxy) is 1. The van der Waals surface area contributed by atoms with Gasteiger partial charge < -0.3 is 10.1 Å². The quantitative estimate of drug-likeness (QED) is 0.686. The van der Waals surface area contributed by atoms with Crippen molar-refractivity contribution < 1.29 is 19.1 Å². The molecule has 0 spiro atoms. The highest BCUT2D eigenvalue weighted by Gasteiger charge is 2.41. The number of fused-ring (bicyclic) bond motifs is 2. The molecule has 1 aromatic carbocycles. The van der Waals surface area contributed by atoms with Gasteiger partial charge in [0.05, 0.1) is 17.3 Å². The van der Waals surface area contributed by atoms with E-state index in [0.29, 0.717) is 24.4 Å². The van der Waals surface area contributed by atoms with Crippen molar-refractivity contribution in [1.29, 1.82) is 0 Å². The molecule has 31 heavy (non-hydrogen) atoms. The van der Waals surface area contributed by atoms with Gasteiger partial charge in [-0.25, -0.2) is 4.68 Å². The minimum atomic E-state index is -0.402. The zero-order chi connectivity index (χ0) is 21.8. The Labute approximate surface area is 182 Å². The summed E-state index contributed by atoms with van der Waals surface area (Å²) < 4.78 is 7.02. The van der Waals surface area contributed by atoms with Crippen LogP contribution in [0.15, 0.2) is 36.4 Å². The molecule has 1 aromatic heterocycles. The van der Waals surface area contributed by atoms with Crippen LogP contribution in [0, 0.1) is 17.8 Å². The lowest BCUT2D eigenvalue weighted by atomic mass is 9.67. The Balaban J connectivity index is 1.37. The SMILES string of the molecule is CCCc1cc(NC(=O)COC(=O)C2C[C@H]3CCC[C@@H](C2)C3=O)n(-c2ccccc2)n1. The topological polar surface area (TPSA) is 90.3 Å². The number of rotatable bonds is 7. The summed E-state index contributed by atoms with van der Waals surface area (Å²) in [5.41, 5.74) is 1.73. The second-order valence-corrected chi connectivity index (χ2v) is 8.57. The molecule has 164 valence electrons. The van der Waals surface area contributed by atoms with Gasteiger partial charge in [0.1, 0.15) is 11.6 Å². The molecule has 1 amide bonds. The molecule has 1 heterocycles. The van der Waals surface area contributed by atoms with Gasteiger partial charge in [-0.1, -0.05) is 38.0 Å². The van der Waals surface area contributed by atoms with Crippen LogP contribution in [-0.2, 0) is 25.5 Å². The summed E-state index contributed by atoms with van der Waals surface area (Å²) in [5, 5.41) is 7.42. The molecule has 7 nitrogen and oxygen atoms in total. The Hall–Kier alpha value is -2.96. The molecule has 0 saturated heterocycles. The van der Waals surface area contributed by atoms with Gasteiger partial charge in [-0.3, -0.25) is 14.4 Å². The van der Waals surface area contributed by atoms with E-state index < -0.39 is 5.91 Å². The van der Waals surface area contributed by atoms with Gasteiger partial charge in [0, 0.05) is 17.9 Å². The normalized spacial score (nSPS) is 22.7. The Bertz CT molecular complexity index is 937. The lowest BCUT2D eigenvalue weighted by molar-refractivity contribution is -0.155. The van der Waals surface area contributed by atoms with Gasteiger partial charge in [-0.2, -0.15) is 5.10 Å². The Morgan fingerprint density at radius 2 is 1.87 bits per heavy atom. The third-order valence-corrected chi connectivity index (χ3v) is 6.26. The number of anilines is 1. The summed E-state index contributed by atoms with van der Waals surface area (Å²) in [6.45, 7) is 1.73. The third-order valence-electron chi connectivity index (χ3n) is 6.26. The third kappa shape index (κ3) is 4.86. The highest BCUT2D eigenvalue weighted by atomic mass is 16.5. The summed E-state index contributed by atoms with van der Waals surface area (Å²) >= 11 is 0. The Morgan fingerprint density at radius 3 is 2.55 bits per heavy atom. The summed E-state index contributed by atoms with van der Waals surface area (Å²) in [4.78, 5) is 37.3. The predicted octanol–water partition coefficient (Wildman–Crippen LogP) is 3.70. The van der Waals surface area contributed by atoms with E-state index >= 15 is 0 Å². The number of amides is 1. The standard InChI is InChI=1S/C24H29N3O4/c1-2-7-19-14-21(27(26-19)20-10-4-3-5-11-20)25-22(28)15-31-24(30)18-12-16-8-6-9-17(13-18)23(16)29/h3-5,10-11,14,16-18H,2,6-9,12-13,15H2,1H3,(H,25,28)/t16-,17+,18?. The predicted molar refractivity (Wildman–Crippen MR) is 116 cm³/mol. The van der Waals surface area contributed by atoms with E-state index in [9.17, 15) is 14.4 Å². The minimum absolute atomic E-state index is 0.0175. The maximum absolute atomic E-state index is 12.5. The molecule has 2 fully saturated rings. The largest absolute Gasteiger partial charge is 0.455 e. The number of benzene rings is 1. The fourth-order valence-corrected chi connectivity index (χ4v) is 4.77. The number of hydrogen-bond donors (Lipinski definition) is 1. The number of nitrogens with one attached hydrogen (secondary N) is 1. The number of hydrogen-bond acceptors (Lipinski definition) is 5. The molecule has 2 aromatic rings. The van der Waals surface area contributed by atoms with Gasteiger partial charge in [-0.15, -0.1) is 0 Å². The molecular weight excluding hydrogens is 394 g/mol. The van der Waals surface area contributed by atoms with Crippen LogP contribution in [0.5, 0.6) is 0 Å². The smallest absolute Gasteiger partial charge is 0.309 e. The molecule has 2 bridgehead atoms. The molecular formula is C24H29N3O4. The Morgan fingerprint density at radius 1 is 1.16 bits per heavy atom. The van der Waals surface area contributed by atoms with Crippen LogP contribution in [0.25, 0.3) is 5.69 Å². The van der Waals surface area contributed by atoms with Crippen LogP contribution in [-0.4, -0.2) is 34.0 Å².